The van der Waals surface area contributed by atoms with Crippen molar-refractivity contribution in [2.75, 3.05) is 13.1 Å². The van der Waals surface area contributed by atoms with Crippen molar-refractivity contribution >= 4 is 16.8 Å². The van der Waals surface area contributed by atoms with E-state index in [0.29, 0.717) is 5.92 Å². The van der Waals surface area contributed by atoms with E-state index in [-0.39, 0.29) is 5.91 Å². The predicted octanol–water partition coefficient (Wildman–Crippen LogP) is 3.98. The molecule has 0 radical (unpaired) electrons. The molecule has 2 aromatic heterocycles. The smallest absolute Gasteiger partial charge is 0.270 e. The normalized spacial score (nSPS) is 15.5. The van der Waals surface area contributed by atoms with Gasteiger partial charge < -0.3 is 9.47 Å². The monoisotopic (exact) mass is 347 g/mol. The van der Waals surface area contributed by atoms with Gasteiger partial charge in [-0.25, -0.2) is 0 Å². The lowest BCUT2D eigenvalue weighted by Crippen LogP contribution is -2.39. The molecular weight excluding hydrogens is 322 g/mol. The number of amides is 1. The number of fused-ring (bicyclic) bond motifs is 1. The van der Waals surface area contributed by atoms with Crippen LogP contribution < -0.4 is 0 Å². The number of likely N-dealkylation sites (tertiary alicyclic amines) is 1. The summed E-state index contributed by atoms with van der Waals surface area (Å²) < 4.78 is 2.03. The first-order valence-corrected chi connectivity index (χ1v) is 9.36. The van der Waals surface area contributed by atoms with Crippen molar-refractivity contribution in [3.63, 3.8) is 0 Å². The molecule has 4 rings (SSSR count). The van der Waals surface area contributed by atoms with E-state index in [9.17, 15) is 4.79 Å². The van der Waals surface area contributed by atoms with Crippen LogP contribution in [0.15, 0.2) is 48.8 Å². The van der Waals surface area contributed by atoms with Crippen LogP contribution in [-0.2, 0) is 13.5 Å². The highest BCUT2D eigenvalue weighted by Gasteiger charge is 2.26. The molecule has 1 fully saturated rings. The van der Waals surface area contributed by atoms with E-state index in [1.165, 1.54) is 16.5 Å². The van der Waals surface area contributed by atoms with Crippen molar-refractivity contribution in [2.24, 2.45) is 13.0 Å². The standard InChI is InChI=1S/C22H25N3O/c1-16-5-3-7-20-19(16)14-21(24(20)2)22(26)25-11-8-17(9-12-25)13-18-6-4-10-23-15-18/h3-7,10,14-15,17H,8-9,11-13H2,1-2H3. The number of rotatable bonds is 3. The Bertz CT molecular complexity index is 921. The molecular formula is C22H25N3O. The lowest BCUT2D eigenvalue weighted by atomic mass is 9.90. The van der Waals surface area contributed by atoms with Gasteiger partial charge in [-0.15, -0.1) is 0 Å². The number of piperidine rings is 1. The van der Waals surface area contributed by atoms with Crippen LogP contribution in [0.25, 0.3) is 10.9 Å². The zero-order valence-electron chi connectivity index (χ0n) is 15.5. The van der Waals surface area contributed by atoms with Crippen LogP contribution in [0.1, 0.15) is 34.5 Å². The highest BCUT2D eigenvalue weighted by Crippen LogP contribution is 2.26. The van der Waals surface area contributed by atoms with Crippen molar-refractivity contribution in [2.45, 2.75) is 26.2 Å². The summed E-state index contributed by atoms with van der Waals surface area (Å²) >= 11 is 0. The quantitative estimate of drug-likeness (QED) is 0.719. The van der Waals surface area contributed by atoms with Crippen LogP contribution in [-0.4, -0.2) is 33.4 Å². The van der Waals surface area contributed by atoms with Crippen LogP contribution in [0.4, 0.5) is 0 Å². The van der Waals surface area contributed by atoms with Crippen molar-refractivity contribution in [3.8, 4) is 0 Å². The molecule has 26 heavy (non-hydrogen) atoms. The van der Waals surface area contributed by atoms with Crippen molar-refractivity contribution in [1.82, 2.24) is 14.5 Å². The maximum Gasteiger partial charge on any atom is 0.270 e. The summed E-state index contributed by atoms with van der Waals surface area (Å²) in [6, 6.07) is 12.4. The predicted molar refractivity (Wildman–Crippen MR) is 104 cm³/mol. The van der Waals surface area contributed by atoms with Gasteiger partial charge in [-0.1, -0.05) is 18.2 Å². The van der Waals surface area contributed by atoms with Crippen LogP contribution in [0.5, 0.6) is 0 Å². The van der Waals surface area contributed by atoms with E-state index in [1.807, 2.05) is 35.0 Å². The van der Waals surface area contributed by atoms with Gasteiger partial charge in [0.05, 0.1) is 0 Å². The molecule has 1 saturated heterocycles. The van der Waals surface area contributed by atoms with Gasteiger partial charge in [0.1, 0.15) is 5.69 Å². The third kappa shape index (κ3) is 3.12. The number of pyridine rings is 1. The van der Waals surface area contributed by atoms with E-state index in [2.05, 4.69) is 42.2 Å². The number of hydrogen-bond donors (Lipinski definition) is 0. The summed E-state index contributed by atoms with van der Waals surface area (Å²) in [7, 11) is 1.99. The second-order valence-electron chi connectivity index (χ2n) is 7.40. The highest BCUT2D eigenvalue weighted by atomic mass is 16.2. The first kappa shape index (κ1) is 16.8. The molecule has 1 aliphatic rings. The fourth-order valence-corrected chi connectivity index (χ4v) is 4.07. The lowest BCUT2D eigenvalue weighted by molar-refractivity contribution is 0.0681. The molecule has 0 saturated carbocycles. The fraction of sp³-hybridized carbons (Fsp3) is 0.364. The number of aromatic nitrogens is 2. The molecule has 0 spiro atoms. The molecule has 1 aromatic carbocycles. The summed E-state index contributed by atoms with van der Waals surface area (Å²) in [5, 5.41) is 1.17. The number of hydrogen-bond acceptors (Lipinski definition) is 2. The zero-order valence-corrected chi connectivity index (χ0v) is 15.5. The molecule has 0 atom stereocenters. The molecule has 4 heteroatoms. The van der Waals surface area contributed by atoms with Crippen LogP contribution >= 0.6 is 0 Å². The Morgan fingerprint density at radius 2 is 2.00 bits per heavy atom. The summed E-state index contributed by atoms with van der Waals surface area (Å²) in [6.07, 6.45) is 6.95. The number of nitrogens with zero attached hydrogens (tertiary/aromatic N) is 3. The molecule has 1 amide bonds. The SMILES string of the molecule is Cc1cccc2c1cc(C(=O)N1CCC(Cc3cccnc3)CC1)n2C. The maximum atomic E-state index is 13.1. The van der Waals surface area contributed by atoms with Gasteiger partial charge >= 0.3 is 0 Å². The van der Waals surface area contributed by atoms with Gasteiger partial charge in [0.25, 0.3) is 5.91 Å². The topological polar surface area (TPSA) is 38.1 Å². The average Bonchev–Trinajstić information content (AvgIpc) is 3.01. The fourth-order valence-electron chi connectivity index (χ4n) is 4.07. The van der Waals surface area contributed by atoms with Crippen LogP contribution in [0, 0.1) is 12.8 Å². The molecule has 3 aromatic rings. The summed E-state index contributed by atoms with van der Waals surface area (Å²) in [4.78, 5) is 19.3. The molecule has 1 aliphatic heterocycles. The van der Waals surface area contributed by atoms with Crippen LogP contribution in [0.3, 0.4) is 0 Å². The van der Waals surface area contributed by atoms with Gasteiger partial charge in [0.15, 0.2) is 0 Å². The Morgan fingerprint density at radius 1 is 1.19 bits per heavy atom. The number of carbonyl (C=O) groups is 1. The first-order chi connectivity index (χ1) is 12.6. The molecule has 134 valence electrons. The zero-order chi connectivity index (χ0) is 18.1. The minimum absolute atomic E-state index is 0.155. The van der Waals surface area contributed by atoms with Gasteiger partial charge in [0, 0.05) is 43.4 Å². The lowest BCUT2D eigenvalue weighted by Gasteiger charge is -2.32. The molecule has 4 nitrogen and oxygen atoms in total. The van der Waals surface area contributed by atoms with Gasteiger partial charge in [0.2, 0.25) is 0 Å². The third-order valence-electron chi connectivity index (χ3n) is 5.67. The number of carbonyl (C=O) groups excluding carboxylic acids is 1. The van der Waals surface area contributed by atoms with Gasteiger partial charge in [-0.3, -0.25) is 9.78 Å². The Hall–Kier alpha value is -2.62. The molecule has 0 aliphatic carbocycles. The van der Waals surface area contributed by atoms with Crippen molar-refractivity contribution in [3.05, 3.63) is 65.6 Å². The minimum Gasteiger partial charge on any atom is -0.340 e. The summed E-state index contributed by atoms with van der Waals surface area (Å²) in [5.74, 6) is 0.793. The maximum absolute atomic E-state index is 13.1. The first-order valence-electron chi connectivity index (χ1n) is 9.36. The molecule has 0 N–H and O–H groups in total. The Balaban J connectivity index is 1.45. The molecule has 0 unspecified atom stereocenters. The number of benzene rings is 1. The van der Waals surface area contributed by atoms with E-state index in [4.69, 9.17) is 0 Å². The summed E-state index contributed by atoms with van der Waals surface area (Å²) in [5.41, 5.74) is 4.42. The Labute approximate surface area is 154 Å². The second kappa shape index (κ2) is 6.94. The molecule has 0 bridgehead atoms. The minimum atomic E-state index is 0.155. The van der Waals surface area contributed by atoms with Crippen molar-refractivity contribution < 1.29 is 4.79 Å². The van der Waals surface area contributed by atoms with Gasteiger partial charge in [-0.2, -0.15) is 0 Å². The van der Waals surface area contributed by atoms with Crippen LogP contribution in [0.2, 0.25) is 0 Å². The van der Waals surface area contributed by atoms with E-state index < -0.39 is 0 Å². The van der Waals surface area contributed by atoms with Gasteiger partial charge in [-0.05, 0) is 61.4 Å². The number of aryl methyl sites for hydroxylation is 2. The third-order valence-corrected chi connectivity index (χ3v) is 5.67. The van der Waals surface area contributed by atoms with E-state index in [1.54, 1.807) is 0 Å². The van der Waals surface area contributed by atoms with Crippen molar-refractivity contribution in [1.29, 1.82) is 0 Å². The molecule has 3 heterocycles. The van der Waals surface area contributed by atoms with E-state index >= 15 is 0 Å². The Kier molecular flexibility index (Phi) is 4.49. The van der Waals surface area contributed by atoms with E-state index in [0.717, 1.165) is 43.6 Å². The highest BCUT2D eigenvalue weighted by molar-refractivity contribution is 5.99. The Morgan fingerprint density at radius 3 is 2.69 bits per heavy atom. The second-order valence-corrected chi connectivity index (χ2v) is 7.40. The average molecular weight is 347 g/mol. The summed E-state index contributed by atoms with van der Waals surface area (Å²) in [6.45, 7) is 3.77. The largest absolute Gasteiger partial charge is 0.340 e.